The molecule has 8 heteroatoms. The lowest BCUT2D eigenvalue weighted by molar-refractivity contribution is -0.137. The van der Waals surface area contributed by atoms with Crippen molar-refractivity contribution in [3.63, 3.8) is 0 Å². The van der Waals surface area contributed by atoms with E-state index in [0.29, 0.717) is 16.9 Å². The Kier molecular flexibility index (Phi) is 4.03. The van der Waals surface area contributed by atoms with Gasteiger partial charge in [0.15, 0.2) is 5.82 Å². The molecule has 2 saturated carbocycles. The fourth-order valence-electron chi connectivity index (χ4n) is 6.41. The molecule has 6 aliphatic rings. The highest BCUT2D eigenvalue weighted by Gasteiger charge is 2.63. The summed E-state index contributed by atoms with van der Waals surface area (Å²) in [5.74, 6) is 5.96. The molecular weight excluding hydrogens is 438 g/mol. The molecule has 9 rings (SSSR count). The van der Waals surface area contributed by atoms with Gasteiger partial charge in [0.25, 0.3) is 0 Å². The number of rotatable bonds is 4. The van der Waals surface area contributed by atoms with E-state index in [0.717, 1.165) is 55.2 Å². The normalized spacial score (nSPS) is 26.2. The number of likely N-dealkylation sites (tertiary alicyclic amines) is 1. The largest absolute Gasteiger partial charge is 0.378 e. The number of anilines is 1. The molecule has 35 heavy (non-hydrogen) atoms. The average Bonchev–Trinajstić information content (AvgIpc) is 3.65. The topological polar surface area (TPSA) is 71.7 Å². The minimum absolute atomic E-state index is 0.449. The van der Waals surface area contributed by atoms with E-state index in [1.165, 1.54) is 43.3 Å². The molecule has 0 bridgehead atoms. The molecule has 5 fully saturated rings. The molecule has 0 radical (unpaired) electrons. The number of hydrogen-bond acceptors (Lipinski definition) is 7. The van der Waals surface area contributed by atoms with Crippen molar-refractivity contribution >= 4 is 22.6 Å². The van der Waals surface area contributed by atoms with E-state index < -0.39 is 0 Å². The second-order valence-electron chi connectivity index (χ2n) is 11.5. The van der Waals surface area contributed by atoms with Crippen molar-refractivity contribution in [1.82, 2.24) is 24.6 Å². The van der Waals surface area contributed by atoms with Crippen LogP contribution in [0, 0.1) is 17.8 Å². The average molecular weight is 468 g/mol. The number of aliphatic imine (C=N–C) groups is 1. The molecule has 3 saturated heterocycles. The zero-order valence-electron chi connectivity index (χ0n) is 20.0. The molecule has 1 atom stereocenters. The number of ether oxygens (including phenoxy) is 1. The van der Waals surface area contributed by atoms with Crippen molar-refractivity contribution in [2.24, 2.45) is 15.8 Å². The van der Waals surface area contributed by atoms with E-state index in [1.807, 2.05) is 17.8 Å². The number of hydrogen-bond donors (Lipinski definition) is 0. The van der Waals surface area contributed by atoms with Gasteiger partial charge in [0.2, 0.25) is 0 Å². The van der Waals surface area contributed by atoms with Crippen LogP contribution < -0.4 is 4.90 Å². The maximum Gasteiger partial charge on any atom is 0.159 e. The Morgan fingerprint density at radius 3 is 2.46 bits per heavy atom. The third-order valence-corrected chi connectivity index (χ3v) is 8.83. The molecular formula is C27H29N7O. The van der Waals surface area contributed by atoms with E-state index in [-0.39, 0.29) is 0 Å². The summed E-state index contributed by atoms with van der Waals surface area (Å²) in [5.41, 5.74) is 3.74. The second kappa shape index (κ2) is 7.00. The third-order valence-electron chi connectivity index (χ3n) is 8.83. The van der Waals surface area contributed by atoms with Crippen LogP contribution >= 0.6 is 0 Å². The van der Waals surface area contributed by atoms with Crippen LogP contribution in [0.15, 0.2) is 41.7 Å². The first-order valence-corrected chi connectivity index (χ1v) is 12.8. The molecule has 3 aromatic rings. The monoisotopic (exact) mass is 467 g/mol. The molecule has 0 amide bonds. The second-order valence-corrected chi connectivity index (χ2v) is 11.5. The first-order valence-electron chi connectivity index (χ1n) is 12.8. The van der Waals surface area contributed by atoms with Gasteiger partial charge in [-0.15, -0.1) is 0 Å². The Balaban J connectivity index is 0.000000611. The van der Waals surface area contributed by atoms with E-state index in [9.17, 15) is 0 Å². The minimum atomic E-state index is 0.449. The van der Waals surface area contributed by atoms with Crippen molar-refractivity contribution in [2.45, 2.75) is 38.1 Å². The Morgan fingerprint density at radius 2 is 1.80 bits per heavy atom. The van der Waals surface area contributed by atoms with Gasteiger partial charge in [-0.2, -0.15) is 5.10 Å². The Morgan fingerprint density at radius 1 is 1.03 bits per heavy atom. The van der Waals surface area contributed by atoms with Gasteiger partial charge < -0.3 is 9.64 Å². The summed E-state index contributed by atoms with van der Waals surface area (Å²) >= 11 is 0. The van der Waals surface area contributed by atoms with Crippen molar-refractivity contribution < 1.29 is 4.74 Å². The summed E-state index contributed by atoms with van der Waals surface area (Å²) in [6, 6.07) is 9.66. The highest BCUT2D eigenvalue weighted by atomic mass is 16.5. The van der Waals surface area contributed by atoms with E-state index in [1.54, 1.807) is 6.20 Å². The SMILES string of the molecule is C1=CN=1.Cc1nc(N2CC3(C2)CN(C2COC2)C3)cc(-n2ncc3ccc([C@@H]4CC45CC5)cc32)n1. The maximum atomic E-state index is 5.35. The number of fused-ring (bicyclic) bond motifs is 1. The Hall–Kier alpha value is -3.06. The summed E-state index contributed by atoms with van der Waals surface area (Å²) in [5, 5.41) is 5.89. The van der Waals surface area contributed by atoms with Crippen molar-refractivity contribution in [3.8, 4) is 5.82 Å². The van der Waals surface area contributed by atoms with Gasteiger partial charge in [-0.25, -0.2) is 19.6 Å². The summed E-state index contributed by atoms with van der Waals surface area (Å²) in [6.45, 7) is 8.38. The summed E-state index contributed by atoms with van der Waals surface area (Å²) in [4.78, 5) is 17.9. The first-order chi connectivity index (χ1) is 17.1. The number of benzene rings is 1. The lowest BCUT2D eigenvalue weighted by Gasteiger charge is -2.63. The molecule has 0 unspecified atom stereocenters. The van der Waals surface area contributed by atoms with Crippen LogP contribution in [0.5, 0.6) is 0 Å². The fourth-order valence-corrected chi connectivity index (χ4v) is 6.41. The quantitative estimate of drug-likeness (QED) is 0.587. The molecule has 1 aromatic carbocycles. The van der Waals surface area contributed by atoms with Gasteiger partial charge in [0, 0.05) is 48.9 Å². The fraction of sp³-hybridized carbons (Fsp3) is 0.519. The smallest absolute Gasteiger partial charge is 0.159 e. The van der Waals surface area contributed by atoms with Crippen LogP contribution in [0.25, 0.3) is 16.7 Å². The predicted molar refractivity (Wildman–Crippen MR) is 133 cm³/mol. The number of nitrogens with zero attached hydrogens (tertiary/aromatic N) is 7. The molecule has 6 heterocycles. The highest BCUT2D eigenvalue weighted by Crippen LogP contribution is 2.75. The lowest BCUT2D eigenvalue weighted by Crippen LogP contribution is -2.75. The molecule has 2 aliphatic carbocycles. The third kappa shape index (κ3) is 3.35. The van der Waals surface area contributed by atoms with Crippen molar-refractivity contribution in [1.29, 1.82) is 0 Å². The summed E-state index contributed by atoms with van der Waals surface area (Å²) in [6.07, 6.45) is 7.77. The van der Waals surface area contributed by atoms with Crippen molar-refractivity contribution in [2.75, 3.05) is 44.3 Å². The van der Waals surface area contributed by atoms with Gasteiger partial charge in [-0.05, 0) is 49.1 Å². The predicted octanol–water partition coefficient (Wildman–Crippen LogP) is 3.10. The number of aromatic nitrogens is 4. The Labute approximate surface area is 204 Å². The minimum Gasteiger partial charge on any atom is -0.378 e. The zero-order valence-corrected chi connectivity index (χ0v) is 20.0. The van der Waals surface area contributed by atoms with E-state index in [2.05, 4.69) is 44.9 Å². The standard InChI is InChI=1S/C25H28N6O.C2HN/c1-16-27-22(30-14-24(15-30)12-29(13-24)19-10-32-11-19)7-23(28-16)31-21-6-17(2-3-18(21)9-26-31)20-8-25(20)4-5-25;1-2-3-1/h2-3,6-7,9,19-20H,4-5,8,10-15H2,1H3;1H/t20-;/m0./s1. The van der Waals surface area contributed by atoms with Crippen LogP contribution in [-0.2, 0) is 4.74 Å². The molecule has 0 N–H and O–H groups in total. The van der Waals surface area contributed by atoms with Gasteiger partial charge in [0.05, 0.1) is 37.2 Å². The highest BCUT2D eigenvalue weighted by molar-refractivity contribution is 5.81. The van der Waals surface area contributed by atoms with Gasteiger partial charge in [0.1, 0.15) is 11.6 Å². The van der Waals surface area contributed by atoms with Crippen LogP contribution in [0.3, 0.4) is 0 Å². The maximum absolute atomic E-state index is 5.35. The molecule has 2 spiro atoms. The zero-order chi connectivity index (χ0) is 23.2. The summed E-state index contributed by atoms with van der Waals surface area (Å²) < 4.78 is 7.36. The molecule has 8 nitrogen and oxygen atoms in total. The van der Waals surface area contributed by atoms with E-state index in [4.69, 9.17) is 19.8 Å². The van der Waals surface area contributed by atoms with Gasteiger partial charge in [-0.1, -0.05) is 12.1 Å². The molecule has 2 aromatic heterocycles. The Bertz CT molecular complexity index is 1390. The van der Waals surface area contributed by atoms with E-state index >= 15 is 0 Å². The van der Waals surface area contributed by atoms with Crippen LogP contribution in [0.1, 0.15) is 36.6 Å². The first kappa shape index (κ1) is 20.2. The van der Waals surface area contributed by atoms with Gasteiger partial charge >= 0.3 is 0 Å². The molecule has 4 aliphatic heterocycles. The van der Waals surface area contributed by atoms with Crippen molar-refractivity contribution in [3.05, 3.63) is 48.1 Å². The van der Waals surface area contributed by atoms with Crippen LogP contribution in [0.2, 0.25) is 0 Å². The number of aryl methyl sites for hydroxylation is 1. The lowest BCUT2D eigenvalue weighted by atomic mass is 9.72. The van der Waals surface area contributed by atoms with Gasteiger partial charge in [-0.3, -0.25) is 4.90 Å². The summed E-state index contributed by atoms with van der Waals surface area (Å²) in [7, 11) is 0. The van der Waals surface area contributed by atoms with Crippen LogP contribution in [0.4, 0.5) is 5.82 Å². The molecule has 178 valence electrons. The van der Waals surface area contributed by atoms with Crippen LogP contribution in [-0.4, -0.2) is 76.0 Å².